The standard InChI is InChI=1S/C22H33NS/c1-6-19(12-11-15-24-7-2)16-23-18-22(5,17-21(23,3)4)20-13-9-8-10-14-20/h8-15H,6-7,16-18H2,1-5H3/b15-11-,19-12-/t22-/m0/s1. The summed E-state index contributed by atoms with van der Waals surface area (Å²) in [6.45, 7) is 13.9. The number of allylic oxidation sites excluding steroid dienone is 2. The third-order valence-electron chi connectivity index (χ3n) is 5.21. The molecular formula is C22H33NS. The number of rotatable bonds is 7. The molecule has 2 heteroatoms. The quantitative estimate of drug-likeness (QED) is 0.556. The Labute approximate surface area is 153 Å². The van der Waals surface area contributed by atoms with Gasteiger partial charge in [0.25, 0.3) is 0 Å². The van der Waals surface area contributed by atoms with E-state index in [-0.39, 0.29) is 11.0 Å². The molecule has 1 aliphatic heterocycles. The molecule has 0 aliphatic carbocycles. The lowest BCUT2D eigenvalue weighted by Gasteiger charge is -2.32. The second kappa shape index (κ2) is 8.40. The Hall–Kier alpha value is -0.990. The van der Waals surface area contributed by atoms with Crippen LogP contribution in [-0.2, 0) is 5.41 Å². The Bertz CT molecular complexity index is 573. The first kappa shape index (κ1) is 19.3. The molecule has 0 radical (unpaired) electrons. The molecule has 0 amide bonds. The molecule has 1 atom stereocenters. The minimum atomic E-state index is 0.237. The van der Waals surface area contributed by atoms with Crippen LogP contribution < -0.4 is 0 Å². The molecule has 2 rings (SSSR count). The number of likely N-dealkylation sites (tertiary alicyclic amines) is 1. The van der Waals surface area contributed by atoms with E-state index in [1.54, 1.807) is 0 Å². The van der Waals surface area contributed by atoms with Crippen LogP contribution in [0.15, 0.2) is 53.5 Å². The Morgan fingerprint density at radius 2 is 1.88 bits per heavy atom. The van der Waals surface area contributed by atoms with Gasteiger partial charge >= 0.3 is 0 Å². The zero-order valence-electron chi connectivity index (χ0n) is 16.0. The summed E-state index contributed by atoms with van der Waals surface area (Å²) in [5.41, 5.74) is 3.48. The topological polar surface area (TPSA) is 3.24 Å². The molecule has 0 unspecified atom stereocenters. The van der Waals surface area contributed by atoms with Crippen LogP contribution in [0, 0.1) is 0 Å². The minimum Gasteiger partial charge on any atom is -0.293 e. The predicted octanol–water partition coefficient (Wildman–Crippen LogP) is 6.03. The molecule has 1 aromatic carbocycles. The highest BCUT2D eigenvalue weighted by atomic mass is 32.2. The van der Waals surface area contributed by atoms with Crippen molar-refractivity contribution in [2.75, 3.05) is 18.8 Å². The predicted molar refractivity (Wildman–Crippen MR) is 110 cm³/mol. The molecule has 0 bridgehead atoms. The summed E-state index contributed by atoms with van der Waals surface area (Å²) in [7, 11) is 0. The van der Waals surface area contributed by atoms with Crippen molar-refractivity contribution >= 4 is 11.8 Å². The molecule has 1 fully saturated rings. The van der Waals surface area contributed by atoms with Crippen molar-refractivity contribution < 1.29 is 0 Å². The molecular weight excluding hydrogens is 310 g/mol. The van der Waals surface area contributed by atoms with E-state index in [0.29, 0.717) is 0 Å². The van der Waals surface area contributed by atoms with Crippen molar-refractivity contribution in [3.63, 3.8) is 0 Å². The van der Waals surface area contributed by atoms with E-state index in [1.807, 2.05) is 11.8 Å². The highest BCUT2D eigenvalue weighted by molar-refractivity contribution is 8.02. The Kier molecular flexibility index (Phi) is 6.77. The molecule has 132 valence electrons. The van der Waals surface area contributed by atoms with E-state index in [4.69, 9.17) is 0 Å². The van der Waals surface area contributed by atoms with Gasteiger partial charge in [-0.25, -0.2) is 0 Å². The van der Waals surface area contributed by atoms with Crippen LogP contribution >= 0.6 is 11.8 Å². The van der Waals surface area contributed by atoms with Gasteiger partial charge in [0.2, 0.25) is 0 Å². The summed E-state index contributed by atoms with van der Waals surface area (Å²) < 4.78 is 0. The van der Waals surface area contributed by atoms with E-state index < -0.39 is 0 Å². The van der Waals surface area contributed by atoms with Crippen LogP contribution in [-0.4, -0.2) is 29.3 Å². The summed E-state index contributed by atoms with van der Waals surface area (Å²) in [4.78, 5) is 2.68. The third kappa shape index (κ3) is 4.77. The smallest absolute Gasteiger partial charge is 0.0201 e. The zero-order valence-corrected chi connectivity index (χ0v) is 16.8. The maximum atomic E-state index is 2.68. The Morgan fingerprint density at radius 3 is 2.50 bits per heavy atom. The van der Waals surface area contributed by atoms with E-state index in [0.717, 1.165) is 25.3 Å². The lowest BCUT2D eigenvalue weighted by atomic mass is 9.78. The molecule has 0 saturated carbocycles. The van der Waals surface area contributed by atoms with E-state index in [1.165, 1.54) is 17.6 Å². The summed E-state index contributed by atoms with van der Waals surface area (Å²) in [6, 6.07) is 11.0. The summed E-state index contributed by atoms with van der Waals surface area (Å²) in [5.74, 6) is 1.14. The fourth-order valence-electron chi connectivity index (χ4n) is 3.92. The fourth-order valence-corrected chi connectivity index (χ4v) is 4.30. The van der Waals surface area contributed by atoms with Gasteiger partial charge in [-0.2, -0.15) is 0 Å². The van der Waals surface area contributed by atoms with Gasteiger partial charge in [-0.05, 0) is 43.4 Å². The average molecular weight is 344 g/mol. The summed E-state index contributed by atoms with van der Waals surface area (Å²) in [6.07, 6.45) is 6.86. The van der Waals surface area contributed by atoms with Crippen molar-refractivity contribution in [3.05, 3.63) is 59.0 Å². The van der Waals surface area contributed by atoms with E-state index in [9.17, 15) is 0 Å². The minimum absolute atomic E-state index is 0.237. The van der Waals surface area contributed by atoms with Gasteiger partial charge in [0.05, 0.1) is 0 Å². The van der Waals surface area contributed by atoms with E-state index >= 15 is 0 Å². The van der Waals surface area contributed by atoms with Crippen LogP contribution in [0.3, 0.4) is 0 Å². The highest BCUT2D eigenvalue weighted by Gasteiger charge is 2.46. The number of benzene rings is 1. The number of thioether (sulfide) groups is 1. The molecule has 1 aromatic rings. The van der Waals surface area contributed by atoms with Gasteiger partial charge in [0.15, 0.2) is 0 Å². The first-order valence-electron chi connectivity index (χ1n) is 9.18. The van der Waals surface area contributed by atoms with Gasteiger partial charge < -0.3 is 0 Å². The van der Waals surface area contributed by atoms with Crippen LogP contribution in [0.5, 0.6) is 0 Å². The Balaban J connectivity index is 2.12. The van der Waals surface area contributed by atoms with Crippen molar-refractivity contribution in [1.82, 2.24) is 4.90 Å². The van der Waals surface area contributed by atoms with E-state index in [2.05, 4.69) is 87.4 Å². The van der Waals surface area contributed by atoms with Crippen molar-refractivity contribution in [2.24, 2.45) is 0 Å². The van der Waals surface area contributed by atoms with Crippen LogP contribution in [0.25, 0.3) is 0 Å². The normalized spacial score (nSPS) is 24.8. The van der Waals surface area contributed by atoms with Gasteiger partial charge in [0.1, 0.15) is 0 Å². The number of hydrogen-bond acceptors (Lipinski definition) is 2. The third-order valence-corrected chi connectivity index (χ3v) is 5.89. The molecule has 0 N–H and O–H groups in total. The van der Waals surface area contributed by atoms with Gasteiger partial charge in [-0.3, -0.25) is 4.90 Å². The first-order valence-corrected chi connectivity index (χ1v) is 10.2. The molecule has 0 spiro atoms. The monoisotopic (exact) mass is 343 g/mol. The van der Waals surface area contributed by atoms with Crippen LogP contribution in [0.1, 0.15) is 53.0 Å². The summed E-state index contributed by atoms with van der Waals surface area (Å²) in [5, 5.41) is 2.21. The van der Waals surface area contributed by atoms with Crippen LogP contribution in [0.4, 0.5) is 0 Å². The second-order valence-corrected chi connectivity index (χ2v) is 8.92. The molecule has 1 heterocycles. The molecule has 1 nitrogen and oxygen atoms in total. The molecule has 0 aromatic heterocycles. The zero-order chi connectivity index (χ0) is 17.6. The molecule has 24 heavy (non-hydrogen) atoms. The second-order valence-electron chi connectivity index (χ2n) is 7.73. The molecule has 1 saturated heterocycles. The van der Waals surface area contributed by atoms with Gasteiger partial charge in [0, 0.05) is 24.0 Å². The molecule has 1 aliphatic rings. The maximum Gasteiger partial charge on any atom is 0.0201 e. The average Bonchev–Trinajstić information content (AvgIpc) is 2.81. The van der Waals surface area contributed by atoms with Crippen molar-refractivity contribution in [1.29, 1.82) is 0 Å². The SMILES string of the molecule is CCS/C=C\C=C(\CC)CN1C[C@@](C)(c2ccccc2)CC1(C)C. The van der Waals surface area contributed by atoms with Gasteiger partial charge in [-0.15, -0.1) is 11.8 Å². The largest absolute Gasteiger partial charge is 0.293 e. The fraction of sp³-hybridized carbons (Fsp3) is 0.545. The summed E-state index contributed by atoms with van der Waals surface area (Å²) >= 11 is 1.86. The maximum absolute atomic E-state index is 2.68. The highest BCUT2D eigenvalue weighted by Crippen LogP contribution is 2.43. The van der Waals surface area contributed by atoms with Crippen LogP contribution in [0.2, 0.25) is 0 Å². The number of nitrogens with zero attached hydrogens (tertiary/aromatic N) is 1. The van der Waals surface area contributed by atoms with Gasteiger partial charge in [-0.1, -0.05) is 68.8 Å². The lowest BCUT2D eigenvalue weighted by Crippen LogP contribution is -2.39. The number of hydrogen-bond donors (Lipinski definition) is 0. The Morgan fingerprint density at radius 1 is 1.17 bits per heavy atom. The first-order chi connectivity index (χ1) is 11.4. The lowest BCUT2D eigenvalue weighted by molar-refractivity contribution is 0.189. The van der Waals surface area contributed by atoms with Crippen molar-refractivity contribution in [2.45, 2.75) is 58.4 Å². The van der Waals surface area contributed by atoms with Crippen molar-refractivity contribution in [3.8, 4) is 0 Å².